The van der Waals surface area contributed by atoms with Crippen LogP contribution in [0.2, 0.25) is 5.02 Å². The Morgan fingerprint density at radius 3 is 2.54 bits per heavy atom. The summed E-state index contributed by atoms with van der Waals surface area (Å²) >= 11 is 11.2. The molecule has 0 unspecified atom stereocenters. The molecule has 1 aromatic carbocycles. The Bertz CT molecular complexity index is 940. The number of carbonyl (C=O) groups is 2. The van der Waals surface area contributed by atoms with E-state index in [-0.39, 0.29) is 16.2 Å². The lowest BCUT2D eigenvalue weighted by atomic mass is 10.1. The maximum Gasteiger partial charge on any atom is 0.270 e. The number of amides is 2. The highest BCUT2D eigenvalue weighted by molar-refractivity contribution is 7.80. The van der Waals surface area contributed by atoms with E-state index in [0.717, 1.165) is 5.69 Å². The van der Waals surface area contributed by atoms with Crippen LogP contribution >= 0.6 is 23.8 Å². The van der Waals surface area contributed by atoms with Crippen LogP contribution in [-0.2, 0) is 15.1 Å². The molecule has 3 rings (SSSR count). The van der Waals surface area contributed by atoms with E-state index in [1.165, 1.54) is 4.90 Å². The molecule has 2 amide bonds. The van der Waals surface area contributed by atoms with Crippen molar-refractivity contribution < 1.29 is 9.59 Å². The molecule has 0 radical (unpaired) electrons. The molecule has 1 fully saturated rings. The van der Waals surface area contributed by atoms with Crippen molar-refractivity contribution in [1.29, 1.82) is 0 Å². The molecule has 7 heteroatoms. The minimum atomic E-state index is -0.514. The molecule has 1 N–H and O–H groups in total. The summed E-state index contributed by atoms with van der Waals surface area (Å²) in [7, 11) is 0. The van der Waals surface area contributed by atoms with Crippen LogP contribution in [0.1, 0.15) is 26.5 Å². The third-order valence-electron chi connectivity index (χ3n) is 3.96. The summed E-state index contributed by atoms with van der Waals surface area (Å²) in [6, 6.07) is 10.5. The number of hydrogen-bond acceptors (Lipinski definition) is 3. The molecule has 26 heavy (non-hydrogen) atoms. The van der Waals surface area contributed by atoms with Crippen LogP contribution in [0.4, 0.5) is 5.69 Å². The first-order chi connectivity index (χ1) is 12.2. The average molecular weight is 388 g/mol. The molecule has 2 aromatic rings. The van der Waals surface area contributed by atoms with Crippen molar-refractivity contribution in [2.75, 3.05) is 4.90 Å². The molecule has 1 aliphatic rings. The summed E-state index contributed by atoms with van der Waals surface area (Å²) in [5, 5.41) is 3.08. The standard InChI is InChI=1S/C19H18ClN3O2S/c1-19(2,3)22-9-5-8-13(22)11-15-16(24)21-18(26)23(17(15)25)14-7-4-6-12(20)10-14/h4-11H,1-3H3,(H,21,24,26). The third-order valence-corrected chi connectivity index (χ3v) is 4.48. The second-order valence-corrected chi connectivity index (χ2v) is 7.73. The average Bonchev–Trinajstić information content (AvgIpc) is 3.00. The van der Waals surface area contributed by atoms with Crippen molar-refractivity contribution in [3.63, 3.8) is 0 Å². The van der Waals surface area contributed by atoms with Crippen molar-refractivity contribution in [1.82, 2.24) is 9.88 Å². The van der Waals surface area contributed by atoms with E-state index in [2.05, 4.69) is 5.32 Å². The third kappa shape index (κ3) is 3.43. The SMILES string of the molecule is CC(C)(C)n1cccc1C=C1C(=O)NC(=S)N(c2cccc(Cl)c2)C1=O. The van der Waals surface area contributed by atoms with E-state index in [9.17, 15) is 9.59 Å². The number of carbonyl (C=O) groups excluding carboxylic acids is 2. The van der Waals surface area contributed by atoms with E-state index >= 15 is 0 Å². The maximum absolute atomic E-state index is 13.0. The number of benzene rings is 1. The first-order valence-electron chi connectivity index (χ1n) is 8.03. The van der Waals surface area contributed by atoms with E-state index < -0.39 is 11.8 Å². The van der Waals surface area contributed by atoms with Crippen LogP contribution in [0, 0.1) is 0 Å². The molecular formula is C19H18ClN3O2S. The van der Waals surface area contributed by atoms with Gasteiger partial charge < -0.3 is 4.57 Å². The maximum atomic E-state index is 13.0. The minimum Gasteiger partial charge on any atom is -0.343 e. The summed E-state index contributed by atoms with van der Waals surface area (Å²) in [5.41, 5.74) is 1.09. The lowest BCUT2D eigenvalue weighted by Gasteiger charge is -2.29. The van der Waals surface area contributed by atoms with Gasteiger partial charge >= 0.3 is 0 Å². The molecular weight excluding hydrogens is 370 g/mol. The Kier molecular flexibility index (Phi) is 4.73. The predicted octanol–water partition coefficient (Wildman–Crippen LogP) is 3.73. The molecule has 0 atom stereocenters. The van der Waals surface area contributed by atoms with Crippen molar-refractivity contribution in [2.24, 2.45) is 0 Å². The van der Waals surface area contributed by atoms with Crippen molar-refractivity contribution in [3.8, 4) is 0 Å². The van der Waals surface area contributed by atoms with E-state index in [0.29, 0.717) is 10.7 Å². The van der Waals surface area contributed by atoms with Crippen molar-refractivity contribution in [3.05, 3.63) is 58.9 Å². The molecule has 1 aromatic heterocycles. The molecule has 0 saturated carbocycles. The molecule has 0 bridgehead atoms. The summed E-state index contributed by atoms with van der Waals surface area (Å²) in [5.74, 6) is -0.998. The fraction of sp³-hybridized carbons (Fsp3) is 0.211. The van der Waals surface area contributed by atoms with Crippen LogP contribution in [-0.4, -0.2) is 21.5 Å². The molecule has 0 spiro atoms. The van der Waals surface area contributed by atoms with Crippen LogP contribution in [0.5, 0.6) is 0 Å². The normalized spacial score (nSPS) is 17.0. The van der Waals surface area contributed by atoms with Gasteiger partial charge in [-0.05, 0) is 69.4 Å². The Balaban J connectivity index is 2.05. The highest BCUT2D eigenvalue weighted by Gasteiger charge is 2.35. The second-order valence-electron chi connectivity index (χ2n) is 6.91. The van der Waals surface area contributed by atoms with Gasteiger partial charge in [0.2, 0.25) is 0 Å². The summed E-state index contributed by atoms with van der Waals surface area (Å²) in [6.07, 6.45) is 3.50. The molecule has 2 heterocycles. The van der Waals surface area contributed by atoms with Gasteiger partial charge in [-0.3, -0.25) is 19.8 Å². The fourth-order valence-electron chi connectivity index (χ4n) is 2.78. The van der Waals surface area contributed by atoms with Gasteiger partial charge in [-0.1, -0.05) is 17.7 Å². The van der Waals surface area contributed by atoms with Gasteiger partial charge in [0.1, 0.15) is 5.57 Å². The lowest BCUT2D eigenvalue weighted by Crippen LogP contribution is -2.54. The first kappa shape index (κ1) is 18.4. The molecule has 5 nitrogen and oxygen atoms in total. The van der Waals surface area contributed by atoms with E-state index in [1.807, 2.05) is 43.7 Å². The second kappa shape index (κ2) is 6.70. The van der Waals surface area contributed by atoms with Crippen LogP contribution < -0.4 is 10.2 Å². The van der Waals surface area contributed by atoms with Crippen molar-refractivity contribution in [2.45, 2.75) is 26.3 Å². The predicted molar refractivity (Wildman–Crippen MR) is 107 cm³/mol. The minimum absolute atomic E-state index is 0.0165. The number of halogens is 1. The van der Waals surface area contributed by atoms with Gasteiger partial charge in [0.15, 0.2) is 5.11 Å². The summed E-state index contributed by atoms with van der Waals surface area (Å²) in [6.45, 7) is 6.14. The summed E-state index contributed by atoms with van der Waals surface area (Å²) in [4.78, 5) is 26.7. The number of aromatic nitrogens is 1. The summed E-state index contributed by atoms with van der Waals surface area (Å²) < 4.78 is 2.00. The topological polar surface area (TPSA) is 54.3 Å². The largest absolute Gasteiger partial charge is 0.343 e. The van der Waals surface area contributed by atoms with Gasteiger partial charge in [0.25, 0.3) is 11.8 Å². The van der Waals surface area contributed by atoms with Gasteiger partial charge in [-0.25, -0.2) is 0 Å². The van der Waals surface area contributed by atoms with Crippen molar-refractivity contribution >= 4 is 52.5 Å². The number of nitrogens with one attached hydrogen (secondary N) is 1. The molecule has 0 aliphatic carbocycles. The van der Waals surface area contributed by atoms with Crippen LogP contribution in [0.25, 0.3) is 6.08 Å². The smallest absolute Gasteiger partial charge is 0.270 e. The van der Waals surface area contributed by atoms with Crippen LogP contribution in [0.3, 0.4) is 0 Å². The van der Waals surface area contributed by atoms with Gasteiger partial charge in [0.05, 0.1) is 5.69 Å². The van der Waals surface area contributed by atoms with E-state index in [1.54, 1.807) is 30.3 Å². The quantitative estimate of drug-likeness (QED) is 0.485. The Morgan fingerprint density at radius 1 is 1.15 bits per heavy atom. The van der Waals surface area contributed by atoms with E-state index in [4.69, 9.17) is 23.8 Å². The highest BCUT2D eigenvalue weighted by Crippen LogP contribution is 2.26. The Morgan fingerprint density at radius 2 is 1.88 bits per heavy atom. The van der Waals surface area contributed by atoms with Crippen LogP contribution in [0.15, 0.2) is 48.2 Å². The first-order valence-corrected chi connectivity index (χ1v) is 8.82. The number of anilines is 1. The zero-order valence-electron chi connectivity index (χ0n) is 14.6. The van der Waals surface area contributed by atoms with Gasteiger partial charge in [-0.2, -0.15) is 0 Å². The molecule has 1 aliphatic heterocycles. The lowest BCUT2D eigenvalue weighted by molar-refractivity contribution is -0.122. The fourth-order valence-corrected chi connectivity index (χ4v) is 3.24. The number of nitrogens with zero attached hydrogens (tertiary/aromatic N) is 2. The Labute approximate surface area is 162 Å². The Hall–Kier alpha value is -2.44. The molecule has 134 valence electrons. The van der Waals surface area contributed by atoms with Gasteiger partial charge in [0, 0.05) is 22.5 Å². The van der Waals surface area contributed by atoms with Gasteiger partial charge in [-0.15, -0.1) is 0 Å². The number of thiocarbonyl (C=S) groups is 1. The molecule has 1 saturated heterocycles. The number of hydrogen-bond donors (Lipinski definition) is 1. The zero-order valence-corrected chi connectivity index (χ0v) is 16.2. The number of rotatable bonds is 2. The monoisotopic (exact) mass is 387 g/mol. The zero-order chi connectivity index (χ0) is 19.1. The highest BCUT2D eigenvalue weighted by atomic mass is 35.5.